The van der Waals surface area contributed by atoms with Crippen molar-refractivity contribution < 1.29 is 4.74 Å². The van der Waals surface area contributed by atoms with Gasteiger partial charge in [-0.3, -0.25) is 10.3 Å². The topological polar surface area (TPSA) is 57.4 Å². The SMILES string of the molecule is CCCN=C(C=Cc1ccc(OC)cc1)NC#N. The quantitative estimate of drug-likeness (QED) is 0.374. The zero-order valence-corrected chi connectivity index (χ0v) is 10.7. The van der Waals surface area contributed by atoms with Crippen molar-refractivity contribution >= 4 is 11.9 Å². The average molecular weight is 243 g/mol. The molecule has 1 N–H and O–H groups in total. The predicted molar refractivity (Wildman–Crippen MR) is 73.4 cm³/mol. The summed E-state index contributed by atoms with van der Waals surface area (Å²) < 4.78 is 5.08. The van der Waals surface area contributed by atoms with E-state index < -0.39 is 0 Å². The number of nitrogens with zero attached hydrogens (tertiary/aromatic N) is 2. The monoisotopic (exact) mass is 243 g/mol. The molecule has 0 spiro atoms. The third kappa shape index (κ3) is 4.71. The Balaban J connectivity index is 2.72. The van der Waals surface area contributed by atoms with Crippen LogP contribution in [0, 0.1) is 11.5 Å². The molecule has 18 heavy (non-hydrogen) atoms. The maximum atomic E-state index is 8.61. The second-order valence-corrected chi connectivity index (χ2v) is 3.61. The summed E-state index contributed by atoms with van der Waals surface area (Å²) in [6.07, 6.45) is 6.52. The Morgan fingerprint density at radius 3 is 2.72 bits per heavy atom. The summed E-state index contributed by atoms with van der Waals surface area (Å²) in [5, 5.41) is 11.2. The molecule has 0 saturated heterocycles. The van der Waals surface area contributed by atoms with Gasteiger partial charge in [0.15, 0.2) is 6.19 Å². The van der Waals surface area contributed by atoms with E-state index in [-0.39, 0.29) is 0 Å². The van der Waals surface area contributed by atoms with E-state index in [1.54, 1.807) is 13.2 Å². The van der Waals surface area contributed by atoms with Crippen molar-refractivity contribution in [1.82, 2.24) is 5.32 Å². The minimum absolute atomic E-state index is 0.579. The van der Waals surface area contributed by atoms with Crippen molar-refractivity contribution in [3.8, 4) is 11.9 Å². The molecule has 94 valence electrons. The fourth-order valence-electron chi connectivity index (χ4n) is 1.31. The number of hydrogen-bond acceptors (Lipinski definition) is 3. The Morgan fingerprint density at radius 2 is 2.17 bits per heavy atom. The van der Waals surface area contributed by atoms with Gasteiger partial charge >= 0.3 is 0 Å². The molecule has 0 atom stereocenters. The van der Waals surface area contributed by atoms with Gasteiger partial charge in [-0.15, -0.1) is 0 Å². The molecule has 4 nitrogen and oxygen atoms in total. The Labute approximate surface area is 108 Å². The highest BCUT2D eigenvalue weighted by Gasteiger charge is 1.93. The molecule has 0 saturated carbocycles. The fraction of sp³-hybridized carbons (Fsp3) is 0.286. The molecule has 1 aromatic carbocycles. The summed E-state index contributed by atoms with van der Waals surface area (Å²) in [5.74, 6) is 1.40. The number of ether oxygens (including phenoxy) is 1. The number of aliphatic imine (C=N–C) groups is 1. The lowest BCUT2D eigenvalue weighted by Crippen LogP contribution is -2.15. The molecular weight excluding hydrogens is 226 g/mol. The maximum absolute atomic E-state index is 8.61. The van der Waals surface area contributed by atoms with Gasteiger partial charge < -0.3 is 4.74 Å². The number of hydrogen-bond donors (Lipinski definition) is 1. The molecular formula is C14H17N3O. The molecule has 0 aliphatic carbocycles. The molecule has 1 rings (SSSR count). The van der Waals surface area contributed by atoms with Crippen molar-refractivity contribution in [2.45, 2.75) is 13.3 Å². The van der Waals surface area contributed by atoms with E-state index in [0.717, 1.165) is 17.7 Å². The van der Waals surface area contributed by atoms with Crippen molar-refractivity contribution in [2.75, 3.05) is 13.7 Å². The minimum atomic E-state index is 0.579. The smallest absolute Gasteiger partial charge is 0.182 e. The molecule has 0 radical (unpaired) electrons. The fourth-order valence-corrected chi connectivity index (χ4v) is 1.31. The highest BCUT2D eigenvalue weighted by Crippen LogP contribution is 2.12. The molecule has 0 unspecified atom stereocenters. The van der Waals surface area contributed by atoms with E-state index in [2.05, 4.69) is 10.3 Å². The Bertz CT molecular complexity index is 455. The number of amidine groups is 1. The van der Waals surface area contributed by atoms with Gasteiger partial charge in [-0.2, -0.15) is 5.26 Å². The van der Waals surface area contributed by atoms with Gasteiger partial charge in [0.1, 0.15) is 11.6 Å². The van der Waals surface area contributed by atoms with E-state index in [4.69, 9.17) is 10.00 Å². The predicted octanol–water partition coefficient (Wildman–Crippen LogP) is 2.59. The molecule has 0 aromatic heterocycles. The summed E-state index contributed by atoms with van der Waals surface area (Å²) in [4.78, 5) is 4.25. The molecule has 0 heterocycles. The van der Waals surface area contributed by atoms with Crippen LogP contribution in [0.5, 0.6) is 5.75 Å². The van der Waals surface area contributed by atoms with Crippen LogP contribution in [0.4, 0.5) is 0 Å². The normalized spacial score (nSPS) is 11.3. The largest absolute Gasteiger partial charge is 0.497 e. The third-order valence-electron chi connectivity index (χ3n) is 2.24. The third-order valence-corrected chi connectivity index (χ3v) is 2.24. The summed E-state index contributed by atoms with van der Waals surface area (Å²) in [6.45, 7) is 2.75. The summed E-state index contributed by atoms with van der Waals surface area (Å²) >= 11 is 0. The Kier molecular flexibility index (Phi) is 6.05. The van der Waals surface area contributed by atoms with Crippen molar-refractivity contribution in [1.29, 1.82) is 5.26 Å². The Hall–Kier alpha value is -2.28. The first kappa shape index (κ1) is 13.8. The maximum Gasteiger partial charge on any atom is 0.182 e. The van der Waals surface area contributed by atoms with Gasteiger partial charge in [0.25, 0.3) is 0 Å². The first-order chi connectivity index (χ1) is 8.80. The molecule has 0 fully saturated rings. The van der Waals surface area contributed by atoms with Crippen LogP contribution >= 0.6 is 0 Å². The molecule has 0 bridgehead atoms. The summed E-state index contributed by atoms with van der Waals surface area (Å²) in [6, 6.07) is 7.67. The second-order valence-electron chi connectivity index (χ2n) is 3.61. The zero-order valence-electron chi connectivity index (χ0n) is 10.7. The van der Waals surface area contributed by atoms with E-state index in [0.29, 0.717) is 12.4 Å². The van der Waals surface area contributed by atoms with E-state index in [1.807, 2.05) is 43.5 Å². The van der Waals surface area contributed by atoms with Gasteiger partial charge in [0, 0.05) is 6.54 Å². The van der Waals surface area contributed by atoms with Crippen LogP contribution in [0.3, 0.4) is 0 Å². The number of nitrogens with one attached hydrogen (secondary N) is 1. The summed E-state index contributed by atoms with van der Waals surface area (Å²) in [7, 11) is 1.64. The van der Waals surface area contributed by atoms with Crippen LogP contribution in [-0.4, -0.2) is 19.5 Å². The second kappa shape index (κ2) is 7.91. The zero-order chi connectivity index (χ0) is 13.2. The van der Waals surface area contributed by atoms with E-state index in [9.17, 15) is 0 Å². The lowest BCUT2D eigenvalue weighted by atomic mass is 10.2. The van der Waals surface area contributed by atoms with Crippen LogP contribution in [0.15, 0.2) is 35.3 Å². The van der Waals surface area contributed by atoms with Crippen LogP contribution in [0.2, 0.25) is 0 Å². The molecule has 0 amide bonds. The first-order valence-corrected chi connectivity index (χ1v) is 5.81. The lowest BCUT2D eigenvalue weighted by Gasteiger charge is -2.00. The average Bonchev–Trinajstić information content (AvgIpc) is 2.42. The van der Waals surface area contributed by atoms with Gasteiger partial charge in [-0.1, -0.05) is 25.1 Å². The van der Waals surface area contributed by atoms with E-state index in [1.165, 1.54) is 0 Å². The van der Waals surface area contributed by atoms with Crippen molar-refractivity contribution in [3.63, 3.8) is 0 Å². The summed E-state index contributed by atoms with van der Waals surface area (Å²) in [5.41, 5.74) is 1.03. The number of methoxy groups -OCH3 is 1. The molecule has 0 aliphatic heterocycles. The number of nitriles is 1. The standard InChI is InChI=1S/C14H17N3O/c1-3-10-16-14(17-11-15)9-6-12-4-7-13(18-2)8-5-12/h4-9H,3,10H2,1-2H3,(H,16,17). The van der Waals surface area contributed by atoms with E-state index >= 15 is 0 Å². The molecule has 0 aliphatic rings. The van der Waals surface area contributed by atoms with Crippen LogP contribution in [0.1, 0.15) is 18.9 Å². The van der Waals surface area contributed by atoms with Gasteiger partial charge in [0.05, 0.1) is 7.11 Å². The first-order valence-electron chi connectivity index (χ1n) is 5.81. The lowest BCUT2D eigenvalue weighted by molar-refractivity contribution is 0.415. The minimum Gasteiger partial charge on any atom is -0.497 e. The van der Waals surface area contributed by atoms with Crippen LogP contribution in [0.25, 0.3) is 6.08 Å². The van der Waals surface area contributed by atoms with Crippen molar-refractivity contribution in [2.24, 2.45) is 4.99 Å². The Morgan fingerprint density at radius 1 is 1.44 bits per heavy atom. The molecule has 1 aromatic rings. The highest BCUT2D eigenvalue weighted by molar-refractivity contribution is 5.97. The van der Waals surface area contributed by atoms with Gasteiger partial charge in [0.2, 0.25) is 0 Å². The molecule has 4 heteroatoms. The van der Waals surface area contributed by atoms with Gasteiger partial charge in [-0.25, -0.2) is 0 Å². The van der Waals surface area contributed by atoms with Crippen LogP contribution < -0.4 is 10.1 Å². The van der Waals surface area contributed by atoms with Crippen LogP contribution in [-0.2, 0) is 0 Å². The highest BCUT2D eigenvalue weighted by atomic mass is 16.5. The van der Waals surface area contributed by atoms with Crippen molar-refractivity contribution in [3.05, 3.63) is 35.9 Å². The number of rotatable bonds is 5. The number of benzene rings is 1. The van der Waals surface area contributed by atoms with Gasteiger partial charge in [-0.05, 0) is 30.2 Å².